The summed E-state index contributed by atoms with van der Waals surface area (Å²) in [6.45, 7) is 1.01. The van der Waals surface area contributed by atoms with Crippen molar-refractivity contribution in [2.75, 3.05) is 50.2 Å². The number of carbonyl (C=O) groups excluding carboxylic acids is 3. The Balaban J connectivity index is 1.12. The first-order valence-corrected chi connectivity index (χ1v) is 14.0. The molecule has 2 aromatic carbocycles. The van der Waals surface area contributed by atoms with E-state index in [-0.39, 0.29) is 31.6 Å². The van der Waals surface area contributed by atoms with Crippen molar-refractivity contribution in [2.45, 2.75) is 29.8 Å². The Morgan fingerprint density at radius 1 is 1.05 bits per heavy atom. The van der Waals surface area contributed by atoms with Crippen LogP contribution in [0.4, 0.5) is 15.9 Å². The number of pyridine rings is 1. The van der Waals surface area contributed by atoms with Crippen LogP contribution in [-0.4, -0.2) is 72.7 Å². The van der Waals surface area contributed by atoms with Crippen LogP contribution in [0.5, 0.6) is 0 Å². The predicted molar refractivity (Wildman–Crippen MR) is 150 cm³/mol. The molecule has 3 aromatic rings. The second-order valence-electron chi connectivity index (χ2n) is 11.4. The van der Waals surface area contributed by atoms with Crippen molar-refractivity contribution in [3.05, 3.63) is 88.9 Å². The highest BCUT2D eigenvalue weighted by Crippen LogP contribution is 2.47. The fraction of sp³-hybridized carbons (Fsp3) is 0.355. The molecule has 4 heterocycles. The van der Waals surface area contributed by atoms with E-state index in [1.807, 2.05) is 30.3 Å². The summed E-state index contributed by atoms with van der Waals surface area (Å²) in [7, 11) is 0. The number of nitrogens with zero attached hydrogens (tertiary/aromatic N) is 2. The molecule has 216 valence electrons. The first kappa shape index (κ1) is 26.7. The molecule has 2 spiro atoms. The second-order valence-corrected chi connectivity index (χ2v) is 11.4. The van der Waals surface area contributed by atoms with Gasteiger partial charge in [0.2, 0.25) is 17.7 Å². The van der Waals surface area contributed by atoms with Crippen molar-refractivity contribution >= 4 is 29.2 Å². The van der Waals surface area contributed by atoms with Crippen molar-refractivity contribution in [3.8, 4) is 0 Å². The highest BCUT2D eigenvalue weighted by molar-refractivity contribution is 6.06. The van der Waals surface area contributed by atoms with Gasteiger partial charge in [0.25, 0.3) is 0 Å². The Bertz CT molecular complexity index is 1590. The van der Waals surface area contributed by atoms with Gasteiger partial charge < -0.3 is 25.0 Å². The summed E-state index contributed by atoms with van der Waals surface area (Å²) in [5, 5.41) is 9.12. The molecule has 10 nitrogen and oxygen atoms in total. The smallest absolute Gasteiger partial charge is 0.248 e. The highest BCUT2D eigenvalue weighted by Gasteiger charge is 2.51. The highest BCUT2D eigenvalue weighted by atomic mass is 19.1. The molecule has 11 heteroatoms. The molecule has 0 saturated carbocycles. The number of fused-ring (bicyclic) bond motifs is 3. The zero-order chi connectivity index (χ0) is 28.9. The van der Waals surface area contributed by atoms with Gasteiger partial charge in [-0.3, -0.25) is 19.7 Å². The number of piperazine rings is 1. The van der Waals surface area contributed by atoms with Gasteiger partial charge in [-0.25, -0.2) is 9.37 Å². The van der Waals surface area contributed by atoms with Crippen LogP contribution in [0.1, 0.15) is 28.3 Å². The van der Waals surface area contributed by atoms with Gasteiger partial charge in [0.15, 0.2) is 0 Å². The first-order valence-electron chi connectivity index (χ1n) is 14.0. The molecular formula is C31H30FN5O5. The monoisotopic (exact) mass is 571 g/mol. The molecule has 0 unspecified atom stereocenters. The van der Waals surface area contributed by atoms with E-state index in [0.29, 0.717) is 49.7 Å². The summed E-state index contributed by atoms with van der Waals surface area (Å²) in [6, 6.07) is 14.9. The van der Waals surface area contributed by atoms with Crippen molar-refractivity contribution < 1.29 is 28.2 Å². The van der Waals surface area contributed by atoms with E-state index >= 15 is 0 Å². The number of hydrogen-bond acceptors (Lipinski definition) is 7. The summed E-state index contributed by atoms with van der Waals surface area (Å²) < 4.78 is 25.5. The molecule has 4 aliphatic rings. The maximum atomic E-state index is 14.2. The lowest BCUT2D eigenvalue weighted by Gasteiger charge is -2.45. The van der Waals surface area contributed by atoms with Gasteiger partial charge in [0.05, 0.1) is 37.9 Å². The van der Waals surface area contributed by atoms with E-state index in [1.54, 1.807) is 18.3 Å². The third-order valence-corrected chi connectivity index (χ3v) is 8.76. The Kier molecular flexibility index (Phi) is 6.52. The van der Waals surface area contributed by atoms with Gasteiger partial charge in [-0.05, 0) is 59.9 Å². The zero-order valence-corrected chi connectivity index (χ0v) is 22.8. The van der Waals surface area contributed by atoms with E-state index in [2.05, 4.69) is 20.9 Å². The maximum absolute atomic E-state index is 14.2. The fourth-order valence-electron chi connectivity index (χ4n) is 6.67. The second kappa shape index (κ2) is 10.3. The molecule has 3 aliphatic heterocycles. The van der Waals surface area contributed by atoms with Crippen LogP contribution >= 0.6 is 0 Å². The van der Waals surface area contributed by atoms with Crippen LogP contribution in [0.15, 0.2) is 60.8 Å². The maximum Gasteiger partial charge on any atom is 0.248 e. The summed E-state index contributed by atoms with van der Waals surface area (Å²) in [5.74, 6) is -0.622. The number of hydrogen-bond donors (Lipinski definition) is 3. The number of aromatic nitrogens is 1. The Labute approximate surface area is 241 Å². The normalized spacial score (nSPS) is 24.3. The molecule has 2 fully saturated rings. The van der Waals surface area contributed by atoms with E-state index < -0.39 is 28.7 Å². The summed E-state index contributed by atoms with van der Waals surface area (Å²) in [6.07, 6.45) is 2.71. The SMILES string of the molecule is O=C(CN1C(=O)C2(COCCOC2)NC[C@H]1c1cccc(F)c1)Nc1ccc2c(c1)C[C@@]1(C2)C(=O)Nc2ncccc21. The van der Waals surface area contributed by atoms with E-state index in [0.717, 1.165) is 16.7 Å². The molecule has 2 saturated heterocycles. The number of halogens is 1. The predicted octanol–water partition coefficient (Wildman–Crippen LogP) is 2.11. The van der Waals surface area contributed by atoms with Gasteiger partial charge in [-0.1, -0.05) is 24.3 Å². The van der Waals surface area contributed by atoms with E-state index in [1.165, 1.54) is 17.0 Å². The Hall–Kier alpha value is -4.19. The molecule has 7 rings (SSSR count). The van der Waals surface area contributed by atoms with Gasteiger partial charge in [0.1, 0.15) is 23.7 Å². The number of ether oxygens (including phenoxy) is 2. The van der Waals surface area contributed by atoms with Crippen LogP contribution in [-0.2, 0) is 42.1 Å². The minimum atomic E-state index is -1.13. The quantitative estimate of drug-likeness (QED) is 0.439. The standard InChI is InChI=1S/C31H30FN5O5/c32-22-4-1-3-19(11-22)25-15-34-31(17-41-9-10-42-18-31)29(40)37(25)16-26(38)35-23-7-6-20-13-30(14-21(20)12-23)24-5-2-8-33-27(24)36-28(30)39/h1-8,11-12,25,34H,9-10,13-18H2,(H,35,38)(H,33,36,39)/t25-,30+/m0/s1. The lowest BCUT2D eigenvalue weighted by molar-refractivity contribution is -0.151. The Morgan fingerprint density at radius 2 is 1.86 bits per heavy atom. The molecule has 2 atom stereocenters. The number of benzene rings is 2. The van der Waals surface area contributed by atoms with Crippen molar-refractivity contribution in [1.82, 2.24) is 15.2 Å². The Morgan fingerprint density at radius 3 is 2.67 bits per heavy atom. The average molecular weight is 572 g/mol. The largest absolute Gasteiger partial charge is 0.376 e. The fourth-order valence-corrected chi connectivity index (χ4v) is 6.67. The summed E-state index contributed by atoms with van der Waals surface area (Å²) in [5.41, 5.74) is 2.22. The lowest BCUT2D eigenvalue weighted by Crippen LogP contribution is -2.69. The third kappa shape index (κ3) is 4.44. The summed E-state index contributed by atoms with van der Waals surface area (Å²) in [4.78, 5) is 46.2. The van der Waals surface area contributed by atoms with E-state index in [9.17, 15) is 18.8 Å². The summed E-state index contributed by atoms with van der Waals surface area (Å²) >= 11 is 0. The minimum absolute atomic E-state index is 0.0704. The van der Waals surface area contributed by atoms with Crippen molar-refractivity contribution in [3.63, 3.8) is 0 Å². The number of nitrogens with one attached hydrogen (secondary N) is 3. The molecule has 1 aromatic heterocycles. The third-order valence-electron chi connectivity index (χ3n) is 8.76. The topological polar surface area (TPSA) is 122 Å². The molecule has 0 radical (unpaired) electrons. The molecule has 0 bridgehead atoms. The number of amides is 3. The van der Waals surface area contributed by atoms with Crippen LogP contribution in [0.3, 0.4) is 0 Å². The number of anilines is 2. The van der Waals surface area contributed by atoms with Gasteiger partial charge >= 0.3 is 0 Å². The van der Waals surface area contributed by atoms with Crippen LogP contribution < -0.4 is 16.0 Å². The van der Waals surface area contributed by atoms with Crippen molar-refractivity contribution in [2.24, 2.45) is 0 Å². The van der Waals surface area contributed by atoms with Crippen LogP contribution in [0.2, 0.25) is 0 Å². The first-order chi connectivity index (χ1) is 20.4. The van der Waals surface area contributed by atoms with Gasteiger partial charge in [0, 0.05) is 24.0 Å². The van der Waals surface area contributed by atoms with E-state index in [4.69, 9.17) is 9.47 Å². The molecule has 3 N–H and O–H groups in total. The van der Waals surface area contributed by atoms with Crippen LogP contribution in [0, 0.1) is 5.82 Å². The molecule has 3 amide bonds. The molecular weight excluding hydrogens is 541 g/mol. The minimum Gasteiger partial charge on any atom is -0.376 e. The lowest BCUT2D eigenvalue weighted by atomic mass is 9.79. The van der Waals surface area contributed by atoms with Gasteiger partial charge in [-0.15, -0.1) is 0 Å². The van der Waals surface area contributed by atoms with Gasteiger partial charge in [-0.2, -0.15) is 0 Å². The molecule has 42 heavy (non-hydrogen) atoms. The molecule has 1 aliphatic carbocycles. The number of carbonyl (C=O) groups is 3. The zero-order valence-electron chi connectivity index (χ0n) is 22.8. The average Bonchev–Trinajstić information content (AvgIpc) is 3.38. The van der Waals surface area contributed by atoms with Crippen LogP contribution in [0.25, 0.3) is 0 Å². The van der Waals surface area contributed by atoms with Crippen molar-refractivity contribution in [1.29, 1.82) is 0 Å². The number of rotatable bonds is 4.